The number of halogens is 3. The summed E-state index contributed by atoms with van der Waals surface area (Å²) in [7, 11) is 1.20. The van der Waals surface area contributed by atoms with Crippen LogP contribution in [0.15, 0.2) is 24.3 Å². The lowest BCUT2D eigenvalue weighted by Gasteiger charge is -2.19. The average Bonchev–Trinajstić information content (AvgIpc) is 3.36. The Morgan fingerprint density at radius 1 is 1.29 bits per heavy atom. The van der Waals surface area contributed by atoms with E-state index in [-0.39, 0.29) is 5.56 Å². The van der Waals surface area contributed by atoms with Gasteiger partial charge < -0.3 is 15.2 Å². The van der Waals surface area contributed by atoms with Crippen LogP contribution in [0.25, 0.3) is 0 Å². The molecule has 1 amide bonds. The number of nitrogens with one attached hydrogen (secondary N) is 1. The number of hydrogen-bond donors (Lipinski definition) is 2. The summed E-state index contributed by atoms with van der Waals surface area (Å²) in [4.78, 5) is 23.7. The molecule has 1 aliphatic rings. The molecule has 1 aliphatic carbocycles. The van der Waals surface area contributed by atoms with E-state index >= 15 is 0 Å². The Balaban J connectivity index is 2.03. The molecule has 0 heterocycles. The van der Waals surface area contributed by atoms with Gasteiger partial charge in [0.2, 0.25) is 0 Å². The number of amides is 1. The maximum atomic E-state index is 12.5. The smallest absolute Gasteiger partial charge is 0.416 e. The summed E-state index contributed by atoms with van der Waals surface area (Å²) in [6.07, 6.45) is -3.82. The summed E-state index contributed by atoms with van der Waals surface area (Å²) in [5.41, 5.74) is -0.865. The van der Waals surface area contributed by atoms with Crippen molar-refractivity contribution in [2.24, 2.45) is 5.92 Å². The maximum Gasteiger partial charge on any atom is 0.416 e. The monoisotopic (exact) mass is 345 g/mol. The molecule has 1 aromatic rings. The molecule has 0 saturated heterocycles. The lowest BCUT2D eigenvalue weighted by Crippen LogP contribution is -2.44. The zero-order chi connectivity index (χ0) is 17.9. The lowest BCUT2D eigenvalue weighted by atomic mass is 10.0. The number of alkyl halides is 3. The maximum absolute atomic E-state index is 12.5. The highest BCUT2D eigenvalue weighted by atomic mass is 19.4. The van der Waals surface area contributed by atoms with Crippen LogP contribution in [-0.4, -0.2) is 30.1 Å². The summed E-state index contributed by atoms with van der Waals surface area (Å²) in [5, 5.41) is 12.4. The standard InChI is InChI=1S/C16H18F3NO4/c1-24-15(23)12(8-9-2-3-9)20-14(22)13(21)10-4-6-11(7-5-10)16(17,18)19/h4-7,9,12-13,21H,2-3,8H2,1H3,(H,20,22)/t12-,13+/m1/s1. The van der Waals surface area contributed by atoms with E-state index in [1.54, 1.807) is 0 Å². The second-order valence-electron chi connectivity index (χ2n) is 5.79. The molecule has 5 nitrogen and oxygen atoms in total. The molecule has 1 saturated carbocycles. The van der Waals surface area contributed by atoms with E-state index < -0.39 is 35.8 Å². The number of benzene rings is 1. The molecule has 0 spiro atoms. The van der Waals surface area contributed by atoms with Crippen molar-refractivity contribution in [1.82, 2.24) is 5.32 Å². The second-order valence-corrected chi connectivity index (χ2v) is 5.79. The van der Waals surface area contributed by atoms with Crippen molar-refractivity contribution in [3.8, 4) is 0 Å². The molecule has 2 rings (SSSR count). The van der Waals surface area contributed by atoms with Crippen LogP contribution in [0.1, 0.15) is 36.5 Å². The molecule has 0 bridgehead atoms. The van der Waals surface area contributed by atoms with E-state index in [9.17, 15) is 27.9 Å². The highest BCUT2D eigenvalue weighted by Gasteiger charge is 2.33. The van der Waals surface area contributed by atoms with Crippen molar-refractivity contribution in [3.05, 3.63) is 35.4 Å². The number of aliphatic hydroxyl groups excluding tert-OH is 1. The number of carbonyl (C=O) groups is 2. The Bertz CT molecular complexity index is 596. The van der Waals surface area contributed by atoms with Gasteiger partial charge in [0.1, 0.15) is 6.04 Å². The van der Waals surface area contributed by atoms with E-state index in [0.717, 1.165) is 37.1 Å². The van der Waals surface area contributed by atoms with Crippen LogP contribution in [0, 0.1) is 5.92 Å². The fraction of sp³-hybridized carbons (Fsp3) is 0.500. The number of rotatable bonds is 6. The number of aliphatic hydroxyl groups is 1. The number of carbonyl (C=O) groups excluding carboxylic acids is 2. The Morgan fingerprint density at radius 2 is 1.88 bits per heavy atom. The third-order valence-corrected chi connectivity index (χ3v) is 3.87. The largest absolute Gasteiger partial charge is 0.467 e. The molecule has 0 aromatic heterocycles. The van der Waals surface area contributed by atoms with Crippen LogP contribution in [-0.2, 0) is 20.5 Å². The van der Waals surface area contributed by atoms with Gasteiger partial charge in [-0.15, -0.1) is 0 Å². The van der Waals surface area contributed by atoms with Crippen molar-refractivity contribution < 1.29 is 32.6 Å². The van der Waals surface area contributed by atoms with E-state index in [1.165, 1.54) is 7.11 Å². The minimum atomic E-state index is -4.49. The van der Waals surface area contributed by atoms with E-state index in [2.05, 4.69) is 10.1 Å². The van der Waals surface area contributed by atoms with Crippen LogP contribution in [0.5, 0.6) is 0 Å². The normalized spacial score (nSPS) is 17.0. The number of hydrogen-bond acceptors (Lipinski definition) is 4. The van der Waals surface area contributed by atoms with Crippen molar-refractivity contribution >= 4 is 11.9 Å². The first-order chi connectivity index (χ1) is 11.2. The highest BCUT2D eigenvalue weighted by molar-refractivity contribution is 5.87. The summed E-state index contributed by atoms with van der Waals surface area (Å²) in [6, 6.07) is 2.75. The molecule has 0 aliphatic heterocycles. The van der Waals surface area contributed by atoms with Crippen LogP contribution in [0.2, 0.25) is 0 Å². The predicted molar refractivity (Wildman–Crippen MR) is 77.7 cm³/mol. The van der Waals surface area contributed by atoms with E-state index in [4.69, 9.17) is 0 Å². The molecule has 1 fully saturated rings. The Morgan fingerprint density at radius 3 is 2.33 bits per heavy atom. The van der Waals surface area contributed by atoms with Gasteiger partial charge in [-0.1, -0.05) is 25.0 Å². The third kappa shape index (κ3) is 4.70. The SMILES string of the molecule is COC(=O)[C@@H](CC1CC1)NC(=O)[C@@H](O)c1ccc(C(F)(F)F)cc1. The van der Waals surface area contributed by atoms with Crippen LogP contribution in [0.4, 0.5) is 13.2 Å². The third-order valence-electron chi connectivity index (χ3n) is 3.87. The quantitative estimate of drug-likeness (QED) is 0.775. The van der Waals surface area contributed by atoms with Crippen molar-refractivity contribution in [2.45, 2.75) is 37.6 Å². The fourth-order valence-corrected chi connectivity index (χ4v) is 2.30. The Labute approximate surface area is 136 Å². The summed E-state index contributed by atoms with van der Waals surface area (Å²) in [6.45, 7) is 0. The van der Waals surface area contributed by atoms with E-state index in [0.29, 0.717) is 12.3 Å². The molecule has 0 radical (unpaired) electrons. The molecule has 0 unspecified atom stereocenters. The number of esters is 1. The Kier molecular flexibility index (Phi) is 5.48. The first-order valence-electron chi connectivity index (χ1n) is 7.45. The molecule has 2 N–H and O–H groups in total. The van der Waals surface area contributed by atoms with Crippen molar-refractivity contribution in [2.75, 3.05) is 7.11 Å². The highest BCUT2D eigenvalue weighted by Crippen LogP contribution is 2.34. The van der Waals surface area contributed by atoms with Gasteiger partial charge >= 0.3 is 12.1 Å². The molecule has 24 heavy (non-hydrogen) atoms. The predicted octanol–water partition coefficient (Wildman–Crippen LogP) is 2.20. The molecule has 2 atom stereocenters. The number of methoxy groups -OCH3 is 1. The molecular weight excluding hydrogens is 327 g/mol. The van der Waals surface area contributed by atoms with Crippen LogP contribution in [0.3, 0.4) is 0 Å². The van der Waals surface area contributed by atoms with E-state index in [1.807, 2.05) is 0 Å². The van der Waals surface area contributed by atoms with Gasteiger partial charge in [0, 0.05) is 0 Å². The minimum absolute atomic E-state index is 0.00976. The number of ether oxygens (including phenoxy) is 1. The van der Waals surface area contributed by atoms with Crippen LogP contribution >= 0.6 is 0 Å². The van der Waals surface area contributed by atoms with Gasteiger partial charge in [-0.05, 0) is 30.0 Å². The molecular formula is C16H18F3NO4. The minimum Gasteiger partial charge on any atom is -0.467 e. The van der Waals surface area contributed by atoms with Crippen molar-refractivity contribution in [1.29, 1.82) is 0 Å². The zero-order valence-electron chi connectivity index (χ0n) is 13.0. The topological polar surface area (TPSA) is 75.6 Å². The lowest BCUT2D eigenvalue weighted by molar-refractivity contribution is -0.146. The fourth-order valence-electron chi connectivity index (χ4n) is 2.30. The summed E-state index contributed by atoms with van der Waals surface area (Å²) >= 11 is 0. The van der Waals surface area contributed by atoms with Gasteiger partial charge in [0.25, 0.3) is 5.91 Å². The second kappa shape index (κ2) is 7.21. The average molecular weight is 345 g/mol. The van der Waals surface area contributed by atoms with Crippen molar-refractivity contribution in [3.63, 3.8) is 0 Å². The first kappa shape index (κ1) is 18.3. The van der Waals surface area contributed by atoms with Gasteiger partial charge in [-0.2, -0.15) is 13.2 Å². The first-order valence-corrected chi connectivity index (χ1v) is 7.45. The van der Waals surface area contributed by atoms with Crippen LogP contribution < -0.4 is 5.32 Å². The zero-order valence-corrected chi connectivity index (χ0v) is 13.0. The van der Waals surface area contributed by atoms with Gasteiger partial charge in [0.05, 0.1) is 12.7 Å². The summed E-state index contributed by atoms with van der Waals surface area (Å²) < 4.78 is 42.2. The molecule has 132 valence electrons. The van der Waals surface area contributed by atoms with Gasteiger partial charge in [-0.3, -0.25) is 4.79 Å². The Hall–Kier alpha value is -2.09. The van der Waals surface area contributed by atoms with Gasteiger partial charge in [0.15, 0.2) is 6.10 Å². The molecule has 1 aromatic carbocycles. The molecule has 8 heteroatoms. The summed E-state index contributed by atoms with van der Waals surface area (Å²) in [5.74, 6) is -1.14. The van der Waals surface area contributed by atoms with Gasteiger partial charge in [-0.25, -0.2) is 4.79 Å².